The van der Waals surface area contributed by atoms with Crippen LogP contribution in [0.1, 0.15) is 239 Å². The number of likely N-dealkylation sites (tertiary alicyclic amines) is 1. The molecule has 4 aromatic carbocycles. The van der Waals surface area contributed by atoms with E-state index in [1.54, 1.807) is 78.4 Å². The van der Waals surface area contributed by atoms with E-state index in [1.165, 1.54) is 75.3 Å². The van der Waals surface area contributed by atoms with E-state index in [0.717, 1.165) is 131 Å². The van der Waals surface area contributed by atoms with Gasteiger partial charge < -0.3 is 101 Å². The van der Waals surface area contributed by atoms with Crippen molar-refractivity contribution in [1.29, 1.82) is 0 Å². The van der Waals surface area contributed by atoms with Crippen LogP contribution in [-0.2, 0) is 34.8 Å². The number of halogens is 6. The van der Waals surface area contributed by atoms with Crippen LogP contribution in [0.25, 0.3) is 0 Å². The van der Waals surface area contributed by atoms with Gasteiger partial charge in [0.15, 0.2) is 29.0 Å². The molecule has 0 bridgehead atoms. The van der Waals surface area contributed by atoms with Crippen LogP contribution in [0, 0.1) is 21.7 Å². The smallest absolute Gasteiger partial charge is 0.444 e. The monoisotopic (exact) mass is 2050 g/mol. The normalized spacial score (nSPS) is 19.1. The van der Waals surface area contributed by atoms with E-state index >= 15 is 0 Å². The first-order chi connectivity index (χ1) is 69.9. The minimum absolute atomic E-state index is 0.0000703. The summed E-state index contributed by atoms with van der Waals surface area (Å²) in [5.74, 6) is 1.48. The summed E-state index contributed by atoms with van der Waals surface area (Å²) in [5.41, 5.74) is 0.883. The van der Waals surface area contributed by atoms with E-state index < -0.39 is 62.9 Å². The fraction of sp³-hybridized carbons (Fsp3) is 0.533. The van der Waals surface area contributed by atoms with Gasteiger partial charge in [0, 0.05) is 164 Å². The van der Waals surface area contributed by atoms with Crippen molar-refractivity contribution in [2.45, 2.75) is 246 Å². The lowest BCUT2D eigenvalue weighted by Crippen LogP contribution is -2.61. The Kier molecular flexibility index (Phi) is 32.3. The van der Waals surface area contributed by atoms with E-state index in [4.69, 9.17) is 19.4 Å². The van der Waals surface area contributed by atoms with Gasteiger partial charge in [0.25, 0.3) is 23.6 Å². The third-order valence-corrected chi connectivity index (χ3v) is 28.5. The summed E-state index contributed by atoms with van der Waals surface area (Å²) in [7, 11) is 9.67. The highest BCUT2D eigenvalue weighted by molar-refractivity contribution is 6.05. The highest BCUT2D eigenvalue weighted by atomic mass is 19.4. The number of ether oxygens (including phenoxy) is 3. The van der Waals surface area contributed by atoms with Gasteiger partial charge >= 0.3 is 18.6 Å². The van der Waals surface area contributed by atoms with Crippen LogP contribution in [0.5, 0.6) is 5.75 Å². The van der Waals surface area contributed by atoms with Gasteiger partial charge in [-0.05, 0) is 213 Å². The summed E-state index contributed by atoms with van der Waals surface area (Å²) in [4.78, 5) is 168. The first kappa shape index (κ1) is 108. The summed E-state index contributed by atoms with van der Waals surface area (Å²) in [6.07, 6.45) is 15.4. The lowest BCUT2D eigenvalue weighted by Gasteiger charge is -2.39. The molecule has 148 heavy (non-hydrogen) atoms. The molecule has 8 N–H and O–H groups in total. The maximum Gasteiger partial charge on any atom is 0.573 e. The molecule has 0 spiro atoms. The molecule has 37 nitrogen and oxygen atoms in total. The number of aromatic nitrogens is 8. The van der Waals surface area contributed by atoms with E-state index in [0.29, 0.717) is 122 Å². The van der Waals surface area contributed by atoms with Crippen molar-refractivity contribution in [3.8, 4) is 5.75 Å². The highest BCUT2D eigenvalue weighted by Crippen LogP contribution is 2.48. The van der Waals surface area contributed by atoms with Crippen LogP contribution in [-0.4, -0.2) is 241 Å². The molecule has 9 amide bonds. The Morgan fingerprint density at radius 2 is 0.730 bits per heavy atom. The molecule has 4 aromatic heterocycles. The average molecular weight is 2050 g/mol. The van der Waals surface area contributed by atoms with Gasteiger partial charge in [-0.25, -0.2) is 24.7 Å². The number of benzene rings is 4. The molecule has 6 aliphatic heterocycles. The van der Waals surface area contributed by atoms with Crippen LogP contribution >= 0.6 is 0 Å². The molecule has 10 heterocycles. The molecule has 43 heteroatoms. The molecule has 0 atom stereocenters. The molecule has 4 aliphatic carbocycles. The summed E-state index contributed by atoms with van der Waals surface area (Å²) in [6.45, 7) is 25.3. The molecule has 2 saturated heterocycles. The number of hydrogen-bond donors (Lipinski definition) is 8. The Labute approximate surface area is 857 Å². The van der Waals surface area contributed by atoms with Gasteiger partial charge in [0.05, 0.1) is 63.7 Å². The van der Waals surface area contributed by atoms with Gasteiger partial charge in [-0.2, -0.15) is 33.1 Å². The van der Waals surface area contributed by atoms with E-state index in [9.17, 15) is 69.5 Å². The zero-order valence-corrected chi connectivity index (χ0v) is 87.0. The SMILES string of the molecule is CN1C(=O)C(C)(C)CN(C2CCCC2)c2nc(Nc3cccc(C(=O)NC4CCOCC4)c3)ncc21.CN1C(=O)C(C)(C)CN(C2CCCC2)c2nc(Nc3cccc(C(=O)NC4CN(C(=O)OC(C)(C)C)C4)c3)ncc21.CNC(=O)c1cc(Nc2ncc3c(n2)N(C2CCCC2)CC(C)(C)C(=O)N3C)cc(C(F)(F)F)c1.CNC(=O)c1ccc(Nc2ncc3c(n2)N(C2CCCC2)CC(C)(C)C(=O)N3C)c(OC(F)(F)F)c1. The Morgan fingerprint density at radius 3 is 1.07 bits per heavy atom. The number of amides is 9. The molecule has 0 unspecified atom stereocenters. The van der Waals surface area contributed by atoms with Gasteiger partial charge in [0.2, 0.25) is 47.4 Å². The van der Waals surface area contributed by atoms with Gasteiger partial charge in [-0.1, -0.05) is 63.5 Å². The Bertz CT molecular complexity index is 6240. The molecule has 6 fully saturated rings. The largest absolute Gasteiger partial charge is 0.573 e. The minimum Gasteiger partial charge on any atom is -0.444 e. The maximum absolute atomic E-state index is 13.5. The van der Waals surface area contributed by atoms with Crippen LogP contribution in [0.4, 0.5) is 124 Å². The molecule has 8 aromatic rings. The highest BCUT2D eigenvalue weighted by Gasteiger charge is 2.48. The number of rotatable bonds is 19. The first-order valence-corrected chi connectivity index (χ1v) is 50.6. The van der Waals surface area contributed by atoms with Crippen molar-refractivity contribution in [1.82, 2.24) is 66.0 Å². The quantitative estimate of drug-likeness (QED) is 0.0349. The molecule has 4 saturated carbocycles. The molecular formula is C105H135F6N25O12. The third-order valence-electron chi connectivity index (χ3n) is 28.5. The molecule has 18 rings (SSSR count). The number of alkyl halides is 6. The molecular weight excluding hydrogens is 1920 g/mol. The second-order valence-corrected chi connectivity index (χ2v) is 43.2. The summed E-state index contributed by atoms with van der Waals surface area (Å²) >= 11 is 0. The zero-order valence-electron chi connectivity index (χ0n) is 87.0. The lowest BCUT2D eigenvalue weighted by atomic mass is 9.91. The number of carbonyl (C=O) groups excluding carboxylic acids is 9. The van der Waals surface area contributed by atoms with Crippen LogP contribution in [0.15, 0.2) is 110 Å². The Balaban J connectivity index is 0.000000148. The molecule has 794 valence electrons. The first-order valence-electron chi connectivity index (χ1n) is 50.6. The number of anilines is 16. The second kappa shape index (κ2) is 44.2. The van der Waals surface area contributed by atoms with Gasteiger partial charge in [0.1, 0.15) is 28.4 Å². The van der Waals surface area contributed by atoms with Crippen LogP contribution in [0.3, 0.4) is 0 Å². The molecule has 0 radical (unpaired) electrons. The Hall–Kier alpha value is -14.0. The second-order valence-electron chi connectivity index (χ2n) is 43.2. The average Bonchev–Trinajstić information content (AvgIpc) is 1.64. The predicted octanol–water partition coefficient (Wildman–Crippen LogP) is 16.8. The van der Waals surface area contributed by atoms with Crippen molar-refractivity contribution < 1.29 is 83.7 Å². The van der Waals surface area contributed by atoms with Gasteiger partial charge in [-0.15, -0.1) is 13.2 Å². The number of carbonyl (C=O) groups is 9. The standard InChI is InChI=1S/C30H41N7O4.C27H36N6O3.C24H29F3N6O3.C24H29F3N6O2/c1-29(2,3)41-28(40)36-16-21(17-36)32-25(38)19-10-9-11-20(14-19)33-27-31-15-23-24(34-27)37(22-12-7-8-13-22)18-30(4,5)26(39)35(23)6;1-27(2)17-33(21-9-4-5-10-21)23-22(32(3)25(27)35)16-28-26(31-23)30-20-8-6-7-18(15-20)24(34)29-19-11-13-36-14-12-19;1-23(2)13-33(15-7-5-6-8-15)19-17(32(4)21(23)35)12-29-22(31-19)30-16-10-9-14(20(34)28-3)11-18(16)36-24(25,26)27;1-23(2)13-33(17-7-5-6-8-17)19-18(32(4)21(23)35)12-29-22(31-19)30-16-10-14(20(34)28-3)9-15(11-16)24(25,26)27/h9-11,14-15,21-22H,7-8,12-13,16-18H2,1-6H3,(H,32,38)(H,31,33,34);6-8,15-16,19,21H,4-5,9-14,17H2,1-3H3,(H,29,34)(H,28,30,31);9-12,15H,5-8,13H2,1-4H3,(H,28,34)(H,29,30,31);9-12,17H,5-8,13H2,1-4H3,(H,28,34)(H,29,30,31). The van der Waals surface area contributed by atoms with Crippen molar-refractivity contribution in [2.24, 2.45) is 21.7 Å². The zero-order chi connectivity index (χ0) is 107. The lowest BCUT2D eigenvalue weighted by molar-refractivity contribution is -0.274. The van der Waals surface area contributed by atoms with Crippen molar-refractivity contribution in [3.63, 3.8) is 0 Å². The van der Waals surface area contributed by atoms with E-state index in [2.05, 4.69) is 96.8 Å². The fourth-order valence-corrected chi connectivity index (χ4v) is 20.8. The van der Waals surface area contributed by atoms with E-state index in [1.807, 2.05) is 106 Å². The Morgan fingerprint density at radius 1 is 0.399 bits per heavy atom. The summed E-state index contributed by atoms with van der Waals surface area (Å²) < 4.78 is 94.6. The topological polar surface area (TPSA) is 410 Å². The number of nitrogens with one attached hydrogen (secondary N) is 8. The maximum atomic E-state index is 13.5. The number of nitrogens with zero attached hydrogens (tertiary/aromatic N) is 17. The summed E-state index contributed by atoms with van der Waals surface area (Å²) in [5, 5.41) is 23.0. The number of hydrogen-bond acceptors (Lipinski definition) is 28. The fourth-order valence-electron chi connectivity index (χ4n) is 20.8. The van der Waals surface area contributed by atoms with Crippen molar-refractivity contribution in [2.75, 3.05) is 155 Å². The van der Waals surface area contributed by atoms with E-state index in [-0.39, 0.29) is 100 Å². The van der Waals surface area contributed by atoms with Crippen LogP contribution < -0.4 is 86.5 Å². The number of fused-ring (bicyclic) bond motifs is 4. The molecule has 10 aliphatic rings. The minimum atomic E-state index is -4.97. The van der Waals surface area contributed by atoms with Crippen molar-refractivity contribution in [3.05, 3.63) is 138 Å². The third kappa shape index (κ3) is 25.3. The van der Waals surface area contributed by atoms with Crippen LogP contribution in [0.2, 0.25) is 0 Å². The van der Waals surface area contributed by atoms with Gasteiger partial charge in [-0.3, -0.25) is 38.4 Å². The summed E-state index contributed by atoms with van der Waals surface area (Å²) in [6, 6.07) is 22.3. The predicted molar refractivity (Wildman–Crippen MR) is 553 cm³/mol. The van der Waals surface area contributed by atoms with Crippen molar-refractivity contribution >= 4 is 146 Å².